The monoisotopic (exact) mass is 381 g/mol. The zero-order valence-electron chi connectivity index (χ0n) is 16.2. The molecule has 6 heteroatoms. The Bertz CT molecular complexity index is 799. The van der Waals surface area contributed by atoms with Crippen LogP contribution >= 0.6 is 0 Å². The number of hydrogen-bond acceptors (Lipinski definition) is 3. The van der Waals surface area contributed by atoms with Crippen molar-refractivity contribution in [1.82, 2.24) is 5.32 Å². The lowest BCUT2D eigenvalue weighted by Gasteiger charge is -2.22. The maximum absolute atomic E-state index is 12.4. The molecule has 3 N–H and O–H groups in total. The summed E-state index contributed by atoms with van der Waals surface area (Å²) in [6.07, 6.45) is 5.71. The molecule has 0 bridgehead atoms. The van der Waals surface area contributed by atoms with Crippen molar-refractivity contribution in [2.24, 2.45) is 0 Å². The van der Waals surface area contributed by atoms with Crippen molar-refractivity contribution in [2.45, 2.75) is 45.1 Å². The number of anilines is 2. The Balaban J connectivity index is 1.55. The predicted octanol–water partition coefficient (Wildman–Crippen LogP) is 4.79. The molecule has 148 valence electrons. The van der Waals surface area contributed by atoms with E-state index in [9.17, 15) is 9.59 Å². The van der Waals surface area contributed by atoms with E-state index in [1.165, 1.54) is 19.3 Å². The van der Waals surface area contributed by atoms with Crippen LogP contribution in [-0.4, -0.2) is 24.6 Å². The van der Waals surface area contributed by atoms with E-state index in [0.717, 1.165) is 12.8 Å². The maximum Gasteiger partial charge on any atom is 0.323 e. The lowest BCUT2D eigenvalue weighted by Crippen LogP contribution is -2.36. The van der Waals surface area contributed by atoms with Gasteiger partial charge in [0.1, 0.15) is 5.75 Å². The molecular weight excluding hydrogens is 354 g/mol. The summed E-state index contributed by atoms with van der Waals surface area (Å²) in [5, 5.41) is 8.64. The fourth-order valence-electron chi connectivity index (χ4n) is 3.36. The van der Waals surface area contributed by atoms with Crippen molar-refractivity contribution in [3.8, 4) is 5.75 Å². The molecule has 0 unspecified atom stereocenters. The van der Waals surface area contributed by atoms with Crippen LogP contribution in [0.1, 0.15) is 49.4 Å². The Morgan fingerprint density at radius 3 is 2.39 bits per heavy atom. The summed E-state index contributed by atoms with van der Waals surface area (Å²) < 4.78 is 5.51. The molecule has 2 aromatic carbocycles. The van der Waals surface area contributed by atoms with Gasteiger partial charge in [0.15, 0.2) is 0 Å². The number of para-hydroxylation sites is 2. The zero-order chi connectivity index (χ0) is 19.8. The van der Waals surface area contributed by atoms with Gasteiger partial charge in [-0.25, -0.2) is 4.79 Å². The van der Waals surface area contributed by atoms with Gasteiger partial charge in [-0.05, 0) is 56.2 Å². The van der Waals surface area contributed by atoms with E-state index in [-0.39, 0.29) is 18.0 Å². The molecule has 3 rings (SSSR count). The second kappa shape index (κ2) is 9.78. The number of carbonyl (C=O) groups excluding carboxylic acids is 2. The molecule has 1 saturated carbocycles. The molecule has 28 heavy (non-hydrogen) atoms. The third-order valence-electron chi connectivity index (χ3n) is 4.78. The molecule has 0 radical (unpaired) electrons. The molecule has 0 saturated heterocycles. The summed E-state index contributed by atoms with van der Waals surface area (Å²) >= 11 is 0. The van der Waals surface area contributed by atoms with E-state index in [1.807, 2.05) is 19.1 Å². The van der Waals surface area contributed by atoms with E-state index in [4.69, 9.17) is 4.74 Å². The van der Waals surface area contributed by atoms with E-state index in [0.29, 0.717) is 29.3 Å². The zero-order valence-corrected chi connectivity index (χ0v) is 16.2. The molecule has 6 nitrogen and oxygen atoms in total. The SMILES string of the molecule is CCOc1ccccc1NC(=O)Nc1ccc(C(=O)NC2CCCCC2)cc1. The summed E-state index contributed by atoms with van der Waals surface area (Å²) in [5.74, 6) is 0.559. The Kier molecular flexibility index (Phi) is 6.89. The van der Waals surface area contributed by atoms with Crippen LogP contribution in [0.25, 0.3) is 0 Å². The number of ether oxygens (including phenoxy) is 1. The Labute approximate surface area is 165 Å². The average Bonchev–Trinajstić information content (AvgIpc) is 2.71. The van der Waals surface area contributed by atoms with Crippen LogP contribution in [0.5, 0.6) is 5.75 Å². The number of hydrogen-bond donors (Lipinski definition) is 3. The number of carbonyl (C=O) groups is 2. The van der Waals surface area contributed by atoms with E-state index in [1.54, 1.807) is 36.4 Å². The number of nitrogens with one attached hydrogen (secondary N) is 3. The summed E-state index contributed by atoms with van der Waals surface area (Å²) in [5.41, 5.74) is 1.81. The van der Waals surface area contributed by atoms with Crippen molar-refractivity contribution < 1.29 is 14.3 Å². The quantitative estimate of drug-likeness (QED) is 0.673. The summed E-state index contributed by atoms with van der Waals surface area (Å²) in [7, 11) is 0. The van der Waals surface area contributed by atoms with Crippen LogP contribution in [0.2, 0.25) is 0 Å². The van der Waals surface area contributed by atoms with E-state index in [2.05, 4.69) is 16.0 Å². The lowest BCUT2D eigenvalue weighted by atomic mass is 9.95. The number of amides is 3. The highest BCUT2D eigenvalue weighted by Crippen LogP contribution is 2.24. The van der Waals surface area contributed by atoms with Crippen LogP contribution in [0.15, 0.2) is 48.5 Å². The molecule has 1 aliphatic carbocycles. The van der Waals surface area contributed by atoms with Gasteiger partial charge in [0.05, 0.1) is 12.3 Å². The first-order chi connectivity index (χ1) is 13.7. The van der Waals surface area contributed by atoms with Gasteiger partial charge in [-0.3, -0.25) is 4.79 Å². The normalized spacial score (nSPS) is 14.2. The molecule has 0 atom stereocenters. The average molecular weight is 381 g/mol. The first-order valence-corrected chi connectivity index (χ1v) is 9.86. The highest BCUT2D eigenvalue weighted by Gasteiger charge is 2.16. The molecule has 1 fully saturated rings. The molecular formula is C22H27N3O3. The largest absolute Gasteiger partial charge is 0.492 e. The molecule has 1 aliphatic rings. The second-order valence-corrected chi connectivity index (χ2v) is 6.89. The van der Waals surface area contributed by atoms with Gasteiger partial charge in [0, 0.05) is 17.3 Å². The highest BCUT2D eigenvalue weighted by atomic mass is 16.5. The minimum absolute atomic E-state index is 0.0615. The molecule has 0 spiro atoms. The minimum atomic E-state index is -0.369. The van der Waals surface area contributed by atoms with E-state index >= 15 is 0 Å². The molecule has 0 heterocycles. The highest BCUT2D eigenvalue weighted by molar-refractivity contribution is 6.01. The van der Waals surface area contributed by atoms with Crippen molar-refractivity contribution in [1.29, 1.82) is 0 Å². The van der Waals surface area contributed by atoms with Crippen molar-refractivity contribution in [2.75, 3.05) is 17.2 Å². The predicted molar refractivity (Wildman–Crippen MR) is 111 cm³/mol. The molecule has 0 aromatic heterocycles. The van der Waals surface area contributed by atoms with Crippen molar-refractivity contribution in [3.63, 3.8) is 0 Å². The standard InChI is InChI=1S/C22H27N3O3/c1-2-28-20-11-7-6-10-19(20)25-22(27)24-18-14-12-16(13-15-18)21(26)23-17-8-4-3-5-9-17/h6-7,10-15,17H,2-5,8-9H2,1H3,(H,23,26)(H2,24,25,27). The van der Waals surface area contributed by atoms with Gasteiger partial charge in [-0.2, -0.15) is 0 Å². The van der Waals surface area contributed by atoms with Crippen LogP contribution < -0.4 is 20.7 Å². The second-order valence-electron chi connectivity index (χ2n) is 6.89. The topological polar surface area (TPSA) is 79.5 Å². The van der Waals surface area contributed by atoms with Gasteiger partial charge in [0.25, 0.3) is 5.91 Å². The maximum atomic E-state index is 12.4. The molecule has 0 aliphatic heterocycles. The molecule has 3 amide bonds. The Morgan fingerprint density at radius 2 is 1.68 bits per heavy atom. The number of benzene rings is 2. The summed E-state index contributed by atoms with van der Waals surface area (Å²) in [6, 6.07) is 14.1. The Morgan fingerprint density at radius 1 is 0.964 bits per heavy atom. The number of urea groups is 1. The van der Waals surface area contributed by atoms with Crippen molar-refractivity contribution in [3.05, 3.63) is 54.1 Å². The fraction of sp³-hybridized carbons (Fsp3) is 0.364. The van der Waals surface area contributed by atoms with Crippen molar-refractivity contribution >= 4 is 23.3 Å². The summed E-state index contributed by atoms with van der Waals surface area (Å²) in [4.78, 5) is 24.6. The first-order valence-electron chi connectivity index (χ1n) is 9.86. The van der Waals surface area contributed by atoms with E-state index < -0.39 is 0 Å². The minimum Gasteiger partial charge on any atom is -0.492 e. The van der Waals surface area contributed by atoms with Gasteiger partial charge >= 0.3 is 6.03 Å². The summed E-state index contributed by atoms with van der Waals surface area (Å²) in [6.45, 7) is 2.41. The van der Waals surface area contributed by atoms with Crippen LogP contribution in [-0.2, 0) is 0 Å². The smallest absolute Gasteiger partial charge is 0.323 e. The van der Waals surface area contributed by atoms with Gasteiger partial charge in [-0.15, -0.1) is 0 Å². The number of rotatable bonds is 6. The van der Waals surface area contributed by atoms with Gasteiger partial charge < -0.3 is 20.7 Å². The lowest BCUT2D eigenvalue weighted by molar-refractivity contribution is 0.0927. The Hall–Kier alpha value is -3.02. The third kappa shape index (κ3) is 5.49. The van der Waals surface area contributed by atoms with Gasteiger partial charge in [-0.1, -0.05) is 31.4 Å². The third-order valence-corrected chi connectivity index (χ3v) is 4.78. The van der Waals surface area contributed by atoms with Crippen LogP contribution in [0.4, 0.5) is 16.2 Å². The molecule has 2 aromatic rings. The fourth-order valence-corrected chi connectivity index (χ4v) is 3.36. The first kappa shape index (κ1) is 19.7. The van der Waals surface area contributed by atoms with Crippen LogP contribution in [0.3, 0.4) is 0 Å². The van der Waals surface area contributed by atoms with Gasteiger partial charge in [0.2, 0.25) is 0 Å². The van der Waals surface area contributed by atoms with Crippen LogP contribution in [0, 0.1) is 0 Å².